The van der Waals surface area contributed by atoms with Crippen molar-refractivity contribution in [2.45, 2.75) is 0 Å². The third-order valence-electron chi connectivity index (χ3n) is 3.09. The average molecular weight is 266 g/mol. The number of nitrogens with two attached hydrogens (primary N) is 1. The van der Waals surface area contributed by atoms with E-state index in [-0.39, 0.29) is 5.56 Å². The van der Waals surface area contributed by atoms with Gasteiger partial charge in [0.05, 0.1) is 16.8 Å². The molecule has 0 aliphatic heterocycles. The largest absolute Gasteiger partial charge is 0.366 e. The van der Waals surface area contributed by atoms with Crippen LogP contribution in [-0.4, -0.2) is 10.9 Å². The fourth-order valence-electron chi connectivity index (χ4n) is 2.16. The van der Waals surface area contributed by atoms with Crippen LogP contribution < -0.4 is 5.73 Å². The van der Waals surface area contributed by atoms with E-state index >= 15 is 0 Å². The standard InChI is InChI=1S/C16H11FN2O/c17-12-8-11-6-7-14(10-4-2-1-3-5-10)19-15(11)13(9-12)16(18)20/h1-9H,(H2,18,20). The molecule has 3 rings (SSSR count). The van der Waals surface area contributed by atoms with Crippen molar-refractivity contribution in [3.05, 3.63) is 66.0 Å². The number of benzene rings is 2. The first-order valence-corrected chi connectivity index (χ1v) is 6.11. The molecule has 0 saturated carbocycles. The number of nitrogens with zero attached hydrogens (tertiary/aromatic N) is 1. The molecule has 3 aromatic rings. The summed E-state index contributed by atoms with van der Waals surface area (Å²) in [5, 5.41) is 0.554. The van der Waals surface area contributed by atoms with E-state index in [0.29, 0.717) is 16.6 Å². The zero-order valence-electron chi connectivity index (χ0n) is 10.5. The Morgan fingerprint density at radius 2 is 1.80 bits per heavy atom. The van der Waals surface area contributed by atoms with Crippen LogP contribution in [0.3, 0.4) is 0 Å². The van der Waals surface area contributed by atoms with Crippen LogP contribution in [0.15, 0.2) is 54.6 Å². The normalized spacial score (nSPS) is 10.7. The predicted octanol–water partition coefficient (Wildman–Crippen LogP) is 3.14. The second kappa shape index (κ2) is 4.74. The summed E-state index contributed by atoms with van der Waals surface area (Å²) in [6.07, 6.45) is 0. The number of carbonyl (C=O) groups excluding carboxylic acids is 1. The Hall–Kier alpha value is -2.75. The van der Waals surface area contributed by atoms with Crippen molar-refractivity contribution >= 4 is 16.8 Å². The van der Waals surface area contributed by atoms with Crippen molar-refractivity contribution in [2.24, 2.45) is 5.73 Å². The second-order valence-corrected chi connectivity index (χ2v) is 4.45. The van der Waals surface area contributed by atoms with Gasteiger partial charge < -0.3 is 5.73 Å². The zero-order valence-corrected chi connectivity index (χ0v) is 10.5. The maximum Gasteiger partial charge on any atom is 0.251 e. The van der Waals surface area contributed by atoms with E-state index in [2.05, 4.69) is 4.98 Å². The number of carbonyl (C=O) groups is 1. The molecule has 0 bridgehead atoms. The number of hydrogen-bond donors (Lipinski definition) is 1. The van der Waals surface area contributed by atoms with Gasteiger partial charge in [0.2, 0.25) is 0 Å². The smallest absolute Gasteiger partial charge is 0.251 e. The van der Waals surface area contributed by atoms with Crippen molar-refractivity contribution in [1.29, 1.82) is 0 Å². The molecule has 1 amide bonds. The molecular formula is C16H11FN2O. The molecule has 3 nitrogen and oxygen atoms in total. The highest BCUT2D eigenvalue weighted by Gasteiger charge is 2.11. The van der Waals surface area contributed by atoms with Gasteiger partial charge >= 0.3 is 0 Å². The Bertz CT molecular complexity index is 800. The van der Waals surface area contributed by atoms with Gasteiger partial charge in [0.1, 0.15) is 5.82 Å². The molecule has 0 unspecified atom stereocenters. The van der Waals surface area contributed by atoms with Crippen LogP contribution in [0.4, 0.5) is 4.39 Å². The van der Waals surface area contributed by atoms with Crippen LogP contribution in [0.25, 0.3) is 22.2 Å². The van der Waals surface area contributed by atoms with E-state index in [1.165, 1.54) is 6.07 Å². The minimum absolute atomic E-state index is 0.0952. The van der Waals surface area contributed by atoms with E-state index in [0.717, 1.165) is 11.6 Å². The van der Waals surface area contributed by atoms with Crippen LogP contribution in [0, 0.1) is 5.82 Å². The summed E-state index contributed by atoms with van der Waals surface area (Å²) in [7, 11) is 0. The lowest BCUT2D eigenvalue weighted by Crippen LogP contribution is -2.12. The Kier molecular flexibility index (Phi) is 2.91. The van der Waals surface area contributed by atoms with E-state index in [4.69, 9.17) is 5.73 Å². The van der Waals surface area contributed by atoms with Gasteiger partial charge in [-0.3, -0.25) is 4.79 Å². The first-order chi connectivity index (χ1) is 9.65. The summed E-state index contributed by atoms with van der Waals surface area (Å²) in [6, 6.07) is 15.5. The Balaban J connectivity index is 2.27. The first kappa shape index (κ1) is 12.3. The molecule has 4 heteroatoms. The molecule has 0 aliphatic carbocycles. The maximum atomic E-state index is 13.4. The highest BCUT2D eigenvalue weighted by molar-refractivity contribution is 6.05. The Labute approximate surface area is 114 Å². The van der Waals surface area contributed by atoms with E-state index in [9.17, 15) is 9.18 Å². The number of aromatic nitrogens is 1. The van der Waals surface area contributed by atoms with Crippen molar-refractivity contribution in [3.8, 4) is 11.3 Å². The third-order valence-corrected chi connectivity index (χ3v) is 3.09. The topological polar surface area (TPSA) is 56.0 Å². The van der Waals surface area contributed by atoms with Gasteiger partial charge in [0, 0.05) is 10.9 Å². The van der Waals surface area contributed by atoms with Crippen LogP contribution in [0.1, 0.15) is 10.4 Å². The van der Waals surface area contributed by atoms with Gasteiger partial charge in [-0.15, -0.1) is 0 Å². The van der Waals surface area contributed by atoms with E-state index in [1.54, 1.807) is 12.1 Å². The molecule has 2 N–H and O–H groups in total. The highest BCUT2D eigenvalue weighted by Crippen LogP contribution is 2.24. The summed E-state index contributed by atoms with van der Waals surface area (Å²) < 4.78 is 13.4. The molecule has 0 aliphatic rings. The molecule has 1 aromatic heterocycles. The molecule has 2 aromatic carbocycles. The van der Waals surface area contributed by atoms with Gasteiger partial charge in [-0.25, -0.2) is 9.37 Å². The van der Waals surface area contributed by atoms with Gasteiger partial charge in [-0.2, -0.15) is 0 Å². The summed E-state index contributed by atoms with van der Waals surface area (Å²) in [4.78, 5) is 15.9. The molecule has 0 atom stereocenters. The number of pyridine rings is 1. The number of fused-ring (bicyclic) bond motifs is 1. The maximum absolute atomic E-state index is 13.4. The fourth-order valence-corrected chi connectivity index (χ4v) is 2.16. The fraction of sp³-hybridized carbons (Fsp3) is 0. The van der Waals surface area contributed by atoms with Gasteiger partial charge in [-0.1, -0.05) is 36.4 Å². The number of hydrogen-bond acceptors (Lipinski definition) is 2. The lowest BCUT2D eigenvalue weighted by atomic mass is 10.1. The van der Waals surface area contributed by atoms with Gasteiger partial charge in [0.15, 0.2) is 0 Å². The number of primary amides is 1. The molecule has 0 spiro atoms. The van der Waals surface area contributed by atoms with Crippen molar-refractivity contribution < 1.29 is 9.18 Å². The summed E-state index contributed by atoms with van der Waals surface area (Å²) >= 11 is 0. The quantitative estimate of drug-likeness (QED) is 0.774. The van der Waals surface area contributed by atoms with Crippen LogP contribution >= 0.6 is 0 Å². The minimum Gasteiger partial charge on any atom is -0.366 e. The average Bonchev–Trinajstić information content (AvgIpc) is 2.46. The third kappa shape index (κ3) is 2.12. The summed E-state index contributed by atoms with van der Waals surface area (Å²) in [6.45, 7) is 0. The second-order valence-electron chi connectivity index (χ2n) is 4.45. The molecule has 0 radical (unpaired) electrons. The molecule has 98 valence electrons. The molecule has 1 heterocycles. The van der Waals surface area contributed by atoms with Crippen molar-refractivity contribution in [2.75, 3.05) is 0 Å². The number of rotatable bonds is 2. The summed E-state index contributed by atoms with van der Waals surface area (Å²) in [5.74, 6) is -1.19. The molecule has 20 heavy (non-hydrogen) atoms. The van der Waals surface area contributed by atoms with Crippen LogP contribution in [0.2, 0.25) is 0 Å². The van der Waals surface area contributed by atoms with Crippen molar-refractivity contribution in [3.63, 3.8) is 0 Å². The zero-order chi connectivity index (χ0) is 14.1. The first-order valence-electron chi connectivity index (χ1n) is 6.11. The molecule has 0 fully saturated rings. The lowest BCUT2D eigenvalue weighted by molar-refractivity contribution is 0.100. The lowest BCUT2D eigenvalue weighted by Gasteiger charge is -2.06. The van der Waals surface area contributed by atoms with E-state index in [1.807, 2.05) is 30.3 Å². The van der Waals surface area contributed by atoms with Gasteiger partial charge in [0.25, 0.3) is 5.91 Å². The Morgan fingerprint density at radius 3 is 2.50 bits per heavy atom. The molecular weight excluding hydrogens is 255 g/mol. The summed E-state index contributed by atoms with van der Waals surface area (Å²) in [5.41, 5.74) is 7.44. The van der Waals surface area contributed by atoms with Gasteiger partial charge in [-0.05, 0) is 18.2 Å². The number of halogens is 1. The minimum atomic E-state index is -0.688. The monoisotopic (exact) mass is 266 g/mol. The number of amides is 1. The molecule has 0 saturated heterocycles. The Morgan fingerprint density at radius 1 is 1.05 bits per heavy atom. The van der Waals surface area contributed by atoms with Crippen LogP contribution in [0.5, 0.6) is 0 Å². The predicted molar refractivity (Wildman–Crippen MR) is 75.7 cm³/mol. The van der Waals surface area contributed by atoms with E-state index < -0.39 is 11.7 Å². The SMILES string of the molecule is NC(=O)c1cc(F)cc2ccc(-c3ccccc3)nc12. The highest BCUT2D eigenvalue weighted by atomic mass is 19.1. The van der Waals surface area contributed by atoms with Crippen molar-refractivity contribution in [1.82, 2.24) is 4.98 Å². The van der Waals surface area contributed by atoms with Crippen LogP contribution in [-0.2, 0) is 0 Å².